The van der Waals surface area contributed by atoms with Crippen molar-refractivity contribution in [3.05, 3.63) is 29.3 Å². The first-order valence-corrected chi connectivity index (χ1v) is 6.37. The predicted molar refractivity (Wildman–Crippen MR) is 60.9 cm³/mol. The molecule has 0 spiro atoms. The molecule has 6 nitrogen and oxygen atoms in total. The van der Waals surface area contributed by atoms with Gasteiger partial charge >= 0.3 is 5.97 Å². The molecule has 1 rings (SSSR count). The molecule has 9 heteroatoms. The minimum atomic E-state index is -4.21. The van der Waals surface area contributed by atoms with Crippen molar-refractivity contribution < 1.29 is 27.1 Å². The number of benzene rings is 1. The molecular weight excluding hydrogens is 282 g/mol. The van der Waals surface area contributed by atoms with Gasteiger partial charge in [0.1, 0.15) is 11.6 Å². The van der Waals surface area contributed by atoms with Crippen LogP contribution in [-0.2, 0) is 10.0 Å². The highest BCUT2D eigenvalue weighted by Crippen LogP contribution is 2.21. The second-order valence-corrected chi connectivity index (χ2v) is 5.54. The summed E-state index contributed by atoms with van der Waals surface area (Å²) in [5, 5.41) is 15.6. The third kappa shape index (κ3) is 3.17. The van der Waals surface area contributed by atoms with Crippen LogP contribution in [0.15, 0.2) is 12.1 Å². The van der Waals surface area contributed by atoms with Crippen LogP contribution >= 0.6 is 0 Å². The van der Waals surface area contributed by atoms with E-state index < -0.39 is 44.1 Å². The van der Waals surface area contributed by atoms with E-state index in [1.165, 1.54) is 6.07 Å². The lowest BCUT2D eigenvalue weighted by Crippen LogP contribution is -2.24. The van der Waals surface area contributed by atoms with Gasteiger partial charge in [-0.05, 0) is 13.0 Å². The summed E-state index contributed by atoms with van der Waals surface area (Å²) in [7, 11) is -4.21. The Labute approximate surface area is 107 Å². The van der Waals surface area contributed by atoms with Gasteiger partial charge in [0.2, 0.25) is 10.0 Å². The number of carboxylic acids is 1. The van der Waals surface area contributed by atoms with Crippen LogP contribution in [0.4, 0.5) is 14.5 Å². The van der Waals surface area contributed by atoms with Gasteiger partial charge in [-0.2, -0.15) is 5.26 Å². The van der Waals surface area contributed by atoms with Crippen molar-refractivity contribution in [2.45, 2.75) is 12.2 Å². The number of halogens is 2. The van der Waals surface area contributed by atoms with Crippen molar-refractivity contribution in [3.63, 3.8) is 0 Å². The molecule has 0 saturated carbocycles. The standard InChI is InChI=1S/C10H8F2N2O4S/c1-5(4-13)19(17,18)14-9-2-6(10(15)16)7(11)3-8(9)12/h2-3,5,14H,1H3,(H,15,16). The molecule has 0 aliphatic rings. The van der Waals surface area contributed by atoms with E-state index in [1.807, 2.05) is 0 Å². The average molecular weight is 290 g/mol. The summed E-state index contributed by atoms with van der Waals surface area (Å²) >= 11 is 0. The largest absolute Gasteiger partial charge is 0.478 e. The summed E-state index contributed by atoms with van der Waals surface area (Å²) < 4.78 is 51.2. The molecule has 2 N–H and O–H groups in total. The second kappa shape index (κ2) is 5.19. The molecule has 0 aromatic heterocycles. The molecule has 1 atom stereocenters. The lowest BCUT2D eigenvalue weighted by atomic mass is 10.2. The molecule has 1 aromatic carbocycles. The zero-order valence-corrected chi connectivity index (χ0v) is 10.3. The van der Waals surface area contributed by atoms with Gasteiger partial charge in [-0.15, -0.1) is 0 Å². The fourth-order valence-corrected chi connectivity index (χ4v) is 1.88. The van der Waals surface area contributed by atoms with E-state index in [1.54, 1.807) is 4.72 Å². The number of aromatic carboxylic acids is 1. The fraction of sp³-hybridized carbons (Fsp3) is 0.200. The summed E-state index contributed by atoms with van der Waals surface area (Å²) in [6, 6.07) is 2.19. The SMILES string of the molecule is CC(C#N)S(=O)(=O)Nc1cc(C(=O)O)c(F)cc1F. The average Bonchev–Trinajstić information content (AvgIpc) is 2.30. The maximum atomic E-state index is 13.3. The van der Waals surface area contributed by atoms with E-state index in [2.05, 4.69) is 0 Å². The molecule has 1 unspecified atom stereocenters. The normalized spacial score (nSPS) is 12.5. The van der Waals surface area contributed by atoms with E-state index in [-0.39, 0.29) is 6.07 Å². The maximum absolute atomic E-state index is 13.3. The summed E-state index contributed by atoms with van der Waals surface area (Å²) in [4.78, 5) is 10.6. The first kappa shape index (κ1) is 14.8. The molecule has 19 heavy (non-hydrogen) atoms. The molecule has 0 fully saturated rings. The maximum Gasteiger partial charge on any atom is 0.338 e. The predicted octanol–water partition coefficient (Wildman–Crippen LogP) is 1.32. The molecule has 0 radical (unpaired) electrons. The van der Waals surface area contributed by atoms with Gasteiger partial charge in [-0.25, -0.2) is 22.0 Å². The highest BCUT2D eigenvalue weighted by Gasteiger charge is 2.23. The minimum Gasteiger partial charge on any atom is -0.478 e. The monoisotopic (exact) mass is 290 g/mol. The molecular formula is C10H8F2N2O4S. The van der Waals surface area contributed by atoms with E-state index in [0.717, 1.165) is 6.92 Å². The van der Waals surface area contributed by atoms with Crippen LogP contribution in [-0.4, -0.2) is 24.7 Å². The van der Waals surface area contributed by atoms with Crippen molar-refractivity contribution in [1.82, 2.24) is 0 Å². The quantitative estimate of drug-likeness (QED) is 0.869. The second-order valence-electron chi connectivity index (χ2n) is 3.54. The molecule has 0 aliphatic heterocycles. The van der Waals surface area contributed by atoms with E-state index in [0.29, 0.717) is 6.07 Å². The number of nitrogens with one attached hydrogen (secondary N) is 1. The highest BCUT2D eigenvalue weighted by molar-refractivity contribution is 7.93. The fourth-order valence-electron chi connectivity index (χ4n) is 1.10. The zero-order chi connectivity index (χ0) is 14.8. The number of sulfonamides is 1. The lowest BCUT2D eigenvalue weighted by molar-refractivity contribution is 0.0692. The van der Waals surface area contributed by atoms with Gasteiger partial charge in [0.25, 0.3) is 0 Å². The van der Waals surface area contributed by atoms with E-state index in [9.17, 15) is 22.0 Å². The van der Waals surface area contributed by atoms with Crippen LogP contribution in [0.1, 0.15) is 17.3 Å². The summed E-state index contributed by atoms with van der Waals surface area (Å²) in [5.41, 5.74) is -1.62. The smallest absolute Gasteiger partial charge is 0.338 e. The Morgan fingerprint density at radius 2 is 2.00 bits per heavy atom. The first-order chi connectivity index (χ1) is 8.69. The Bertz CT molecular complexity index is 667. The number of nitrogens with zero attached hydrogens (tertiary/aromatic N) is 1. The molecule has 0 bridgehead atoms. The number of hydrogen-bond acceptors (Lipinski definition) is 4. The van der Waals surface area contributed by atoms with Gasteiger partial charge < -0.3 is 5.11 Å². The van der Waals surface area contributed by atoms with Crippen LogP contribution in [0.3, 0.4) is 0 Å². The van der Waals surface area contributed by atoms with Gasteiger partial charge in [-0.1, -0.05) is 0 Å². The van der Waals surface area contributed by atoms with Crippen LogP contribution in [0.5, 0.6) is 0 Å². The first-order valence-electron chi connectivity index (χ1n) is 4.82. The Morgan fingerprint density at radius 3 is 2.47 bits per heavy atom. The Hall–Kier alpha value is -2.21. The van der Waals surface area contributed by atoms with E-state index >= 15 is 0 Å². The van der Waals surface area contributed by atoms with Crippen molar-refractivity contribution in [2.75, 3.05) is 4.72 Å². The van der Waals surface area contributed by atoms with Gasteiger partial charge in [0.05, 0.1) is 17.3 Å². The van der Waals surface area contributed by atoms with Crippen LogP contribution in [0.25, 0.3) is 0 Å². The third-order valence-corrected chi connectivity index (χ3v) is 3.73. The van der Waals surface area contributed by atoms with Crippen molar-refractivity contribution >= 4 is 21.7 Å². The van der Waals surface area contributed by atoms with Gasteiger partial charge in [-0.3, -0.25) is 4.72 Å². The topological polar surface area (TPSA) is 107 Å². The molecule has 1 aromatic rings. The van der Waals surface area contributed by atoms with E-state index in [4.69, 9.17) is 10.4 Å². The summed E-state index contributed by atoms with van der Waals surface area (Å²) in [6.07, 6.45) is 0. The van der Waals surface area contributed by atoms with Crippen LogP contribution in [0.2, 0.25) is 0 Å². The summed E-state index contributed by atoms with van der Waals surface area (Å²) in [6.45, 7) is 1.06. The van der Waals surface area contributed by atoms with Crippen molar-refractivity contribution in [2.24, 2.45) is 0 Å². The van der Waals surface area contributed by atoms with Crippen LogP contribution in [0, 0.1) is 23.0 Å². The molecule has 0 heterocycles. The Kier molecular flexibility index (Phi) is 4.06. The zero-order valence-electron chi connectivity index (χ0n) is 9.52. The Balaban J connectivity index is 3.27. The van der Waals surface area contributed by atoms with Crippen LogP contribution < -0.4 is 4.72 Å². The van der Waals surface area contributed by atoms with Gasteiger partial charge in [0.15, 0.2) is 5.25 Å². The van der Waals surface area contributed by atoms with Gasteiger partial charge in [0, 0.05) is 6.07 Å². The Morgan fingerprint density at radius 1 is 1.42 bits per heavy atom. The number of nitriles is 1. The van der Waals surface area contributed by atoms with Crippen molar-refractivity contribution in [3.8, 4) is 6.07 Å². The number of carbonyl (C=O) groups is 1. The lowest BCUT2D eigenvalue weighted by Gasteiger charge is -2.11. The number of hydrogen-bond donors (Lipinski definition) is 2. The molecule has 0 saturated heterocycles. The molecule has 0 aliphatic carbocycles. The third-order valence-electron chi connectivity index (χ3n) is 2.19. The number of carboxylic acid groups (broad SMARTS) is 1. The molecule has 102 valence electrons. The minimum absolute atomic E-state index is 0.248. The molecule has 0 amide bonds. The highest BCUT2D eigenvalue weighted by atomic mass is 32.2. The summed E-state index contributed by atoms with van der Waals surface area (Å²) in [5.74, 6) is -4.29. The number of rotatable bonds is 4. The number of anilines is 1. The van der Waals surface area contributed by atoms with Crippen molar-refractivity contribution in [1.29, 1.82) is 5.26 Å².